The Morgan fingerprint density at radius 1 is 1.10 bits per heavy atom. The minimum atomic E-state index is 0.625. The Bertz CT molecular complexity index is 613. The van der Waals surface area contributed by atoms with Crippen molar-refractivity contribution in [3.63, 3.8) is 0 Å². The second-order valence-electron chi connectivity index (χ2n) is 5.38. The van der Waals surface area contributed by atoms with Gasteiger partial charge in [0.05, 0.1) is 11.1 Å². The summed E-state index contributed by atoms with van der Waals surface area (Å²) in [7, 11) is 0. The van der Waals surface area contributed by atoms with E-state index in [4.69, 9.17) is 0 Å². The van der Waals surface area contributed by atoms with Crippen LogP contribution in [0.4, 0.5) is 5.82 Å². The molecule has 21 heavy (non-hydrogen) atoms. The molecule has 2 rings (SSSR count). The van der Waals surface area contributed by atoms with Crippen LogP contribution in [0.3, 0.4) is 0 Å². The molecule has 0 amide bonds. The number of para-hydroxylation sites is 1. The summed E-state index contributed by atoms with van der Waals surface area (Å²) in [6.07, 6.45) is 7.61. The van der Waals surface area contributed by atoms with Crippen molar-refractivity contribution in [2.75, 3.05) is 11.9 Å². The van der Waals surface area contributed by atoms with Gasteiger partial charge in [-0.05, 0) is 18.6 Å². The van der Waals surface area contributed by atoms with Crippen LogP contribution in [-0.4, -0.2) is 11.5 Å². The van der Waals surface area contributed by atoms with Gasteiger partial charge >= 0.3 is 0 Å². The van der Waals surface area contributed by atoms with Gasteiger partial charge in [-0.2, -0.15) is 5.26 Å². The molecule has 0 unspecified atom stereocenters. The molecule has 0 atom stereocenters. The minimum Gasteiger partial charge on any atom is -0.369 e. The van der Waals surface area contributed by atoms with Crippen LogP contribution >= 0.6 is 0 Å². The molecule has 0 aliphatic carbocycles. The predicted molar refractivity (Wildman–Crippen MR) is 88.3 cm³/mol. The normalized spacial score (nSPS) is 10.5. The van der Waals surface area contributed by atoms with E-state index < -0.39 is 0 Å². The fourth-order valence-electron chi connectivity index (χ4n) is 2.45. The molecule has 2 aromatic rings. The number of anilines is 1. The van der Waals surface area contributed by atoms with Gasteiger partial charge in [0.2, 0.25) is 0 Å². The maximum atomic E-state index is 9.25. The molecule has 0 saturated heterocycles. The molecule has 110 valence electrons. The molecule has 0 radical (unpaired) electrons. The van der Waals surface area contributed by atoms with E-state index in [2.05, 4.69) is 23.3 Å². The fraction of sp³-hybridized carbons (Fsp3) is 0.444. The van der Waals surface area contributed by atoms with Gasteiger partial charge in [-0.3, -0.25) is 0 Å². The Balaban J connectivity index is 1.90. The Kier molecular flexibility index (Phi) is 6.02. The second kappa shape index (κ2) is 8.26. The average Bonchev–Trinajstić information content (AvgIpc) is 2.53. The van der Waals surface area contributed by atoms with Gasteiger partial charge in [0.25, 0.3) is 0 Å². The molecule has 0 bridgehead atoms. The number of rotatable bonds is 8. The molecular weight excluding hydrogens is 258 g/mol. The zero-order valence-electron chi connectivity index (χ0n) is 12.7. The van der Waals surface area contributed by atoms with Crippen molar-refractivity contribution in [2.45, 2.75) is 45.4 Å². The number of hydrogen-bond acceptors (Lipinski definition) is 3. The summed E-state index contributed by atoms with van der Waals surface area (Å²) in [5, 5.41) is 13.6. The van der Waals surface area contributed by atoms with Gasteiger partial charge in [0, 0.05) is 11.9 Å². The Morgan fingerprint density at radius 3 is 2.67 bits per heavy atom. The van der Waals surface area contributed by atoms with Crippen LogP contribution in [0.1, 0.15) is 51.0 Å². The summed E-state index contributed by atoms with van der Waals surface area (Å²) in [5.74, 6) is 0.713. The average molecular weight is 281 g/mol. The van der Waals surface area contributed by atoms with Gasteiger partial charge in [-0.1, -0.05) is 57.2 Å². The summed E-state index contributed by atoms with van der Waals surface area (Å²) in [6, 6.07) is 12.0. The lowest BCUT2D eigenvalue weighted by atomic mass is 10.1. The number of pyridine rings is 1. The summed E-state index contributed by atoms with van der Waals surface area (Å²) < 4.78 is 0. The van der Waals surface area contributed by atoms with Crippen molar-refractivity contribution in [2.24, 2.45) is 0 Å². The third kappa shape index (κ3) is 4.46. The first-order valence-electron chi connectivity index (χ1n) is 7.89. The number of fused-ring (bicyclic) bond motifs is 1. The quantitative estimate of drug-likeness (QED) is 0.702. The summed E-state index contributed by atoms with van der Waals surface area (Å²) in [6.45, 7) is 3.11. The Morgan fingerprint density at radius 2 is 1.86 bits per heavy atom. The maximum absolute atomic E-state index is 9.25. The minimum absolute atomic E-state index is 0.625. The van der Waals surface area contributed by atoms with Gasteiger partial charge in [-0.25, -0.2) is 4.98 Å². The summed E-state index contributed by atoms with van der Waals surface area (Å²) in [4.78, 5) is 4.56. The first-order chi connectivity index (χ1) is 10.3. The van der Waals surface area contributed by atoms with Crippen molar-refractivity contribution in [3.8, 4) is 6.07 Å². The third-order valence-electron chi connectivity index (χ3n) is 3.67. The lowest BCUT2D eigenvalue weighted by Crippen LogP contribution is -2.05. The Hall–Kier alpha value is -2.08. The Labute approximate surface area is 127 Å². The van der Waals surface area contributed by atoms with Crippen molar-refractivity contribution in [3.05, 3.63) is 35.9 Å². The first kappa shape index (κ1) is 15.3. The van der Waals surface area contributed by atoms with Gasteiger partial charge in [0.1, 0.15) is 11.9 Å². The standard InChI is InChI=1S/C18H23N3/c1-2-3-4-5-6-9-12-20-18-16(14-19)13-15-10-7-8-11-17(15)21-18/h7-8,10-11,13H,2-6,9,12H2,1H3,(H,20,21). The molecule has 0 aliphatic rings. The van der Waals surface area contributed by atoms with Crippen LogP contribution in [0.5, 0.6) is 0 Å². The highest BCUT2D eigenvalue weighted by molar-refractivity contribution is 5.82. The molecule has 1 aromatic heterocycles. The van der Waals surface area contributed by atoms with E-state index in [-0.39, 0.29) is 0 Å². The van der Waals surface area contributed by atoms with Crippen molar-refractivity contribution in [1.29, 1.82) is 5.26 Å². The maximum Gasteiger partial charge on any atom is 0.144 e. The zero-order valence-corrected chi connectivity index (χ0v) is 12.7. The number of nitrogens with zero attached hydrogens (tertiary/aromatic N) is 2. The van der Waals surface area contributed by atoms with Gasteiger partial charge < -0.3 is 5.32 Å². The van der Waals surface area contributed by atoms with Crippen LogP contribution in [0.15, 0.2) is 30.3 Å². The smallest absolute Gasteiger partial charge is 0.144 e. The monoisotopic (exact) mass is 281 g/mol. The number of benzene rings is 1. The molecule has 1 heterocycles. The molecule has 1 N–H and O–H groups in total. The second-order valence-corrected chi connectivity index (χ2v) is 5.38. The third-order valence-corrected chi connectivity index (χ3v) is 3.67. The molecular formula is C18H23N3. The van der Waals surface area contributed by atoms with E-state index in [0.29, 0.717) is 11.4 Å². The van der Waals surface area contributed by atoms with E-state index >= 15 is 0 Å². The topological polar surface area (TPSA) is 48.7 Å². The molecule has 3 heteroatoms. The predicted octanol–water partition coefficient (Wildman–Crippen LogP) is 4.88. The zero-order chi connectivity index (χ0) is 14.9. The van der Waals surface area contributed by atoms with Gasteiger partial charge in [-0.15, -0.1) is 0 Å². The van der Waals surface area contributed by atoms with E-state index in [9.17, 15) is 5.26 Å². The number of hydrogen-bond donors (Lipinski definition) is 1. The van der Waals surface area contributed by atoms with E-state index in [1.54, 1.807) is 0 Å². The number of unbranched alkanes of at least 4 members (excludes halogenated alkanes) is 5. The van der Waals surface area contributed by atoms with Crippen molar-refractivity contribution >= 4 is 16.7 Å². The highest BCUT2D eigenvalue weighted by Gasteiger charge is 2.05. The molecule has 1 aromatic carbocycles. The van der Waals surface area contributed by atoms with E-state index in [1.165, 1.54) is 32.1 Å². The summed E-state index contributed by atoms with van der Waals surface area (Å²) >= 11 is 0. The lowest BCUT2D eigenvalue weighted by Gasteiger charge is -2.08. The van der Waals surface area contributed by atoms with Crippen LogP contribution in [0.2, 0.25) is 0 Å². The molecule has 0 fully saturated rings. The van der Waals surface area contributed by atoms with Crippen LogP contribution in [0.25, 0.3) is 10.9 Å². The fourth-order valence-corrected chi connectivity index (χ4v) is 2.45. The largest absolute Gasteiger partial charge is 0.369 e. The van der Waals surface area contributed by atoms with Crippen LogP contribution < -0.4 is 5.32 Å². The van der Waals surface area contributed by atoms with E-state index in [1.807, 2.05) is 30.3 Å². The number of aromatic nitrogens is 1. The van der Waals surface area contributed by atoms with Crippen molar-refractivity contribution in [1.82, 2.24) is 4.98 Å². The van der Waals surface area contributed by atoms with Crippen LogP contribution in [-0.2, 0) is 0 Å². The summed E-state index contributed by atoms with van der Waals surface area (Å²) in [5.41, 5.74) is 1.56. The lowest BCUT2D eigenvalue weighted by molar-refractivity contribution is 0.617. The van der Waals surface area contributed by atoms with Crippen LogP contribution in [0, 0.1) is 11.3 Å². The highest BCUT2D eigenvalue weighted by Crippen LogP contribution is 2.19. The molecule has 0 spiro atoms. The van der Waals surface area contributed by atoms with Gasteiger partial charge in [0.15, 0.2) is 0 Å². The molecule has 0 aliphatic heterocycles. The molecule has 3 nitrogen and oxygen atoms in total. The first-order valence-corrected chi connectivity index (χ1v) is 7.89. The number of nitriles is 1. The SMILES string of the molecule is CCCCCCCCNc1nc2ccccc2cc1C#N. The van der Waals surface area contributed by atoms with Crippen molar-refractivity contribution < 1.29 is 0 Å². The molecule has 0 saturated carbocycles. The van der Waals surface area contributed by atoms with E-state index in [0.717, 1.165) is 23.9 Å². The highest BCUT2D eigenvalue weighted by atomic mass is 15.0. The number of nitrogens with one attached hydrogen (secondary N) is 1.